The number of benzene rings is 2. The number of hydrogen-bond acceptors (Lipinski definition) is 7. The Morgan fingerprint density at radius 3 is 2.74 bits per heavy atom. The molecule has 1 amide bonds. The number of aromatic nitrogens is 3. The summed E-state index contributed by atoms with van der Waals surface area (Å²) >= 11 is 1.39. The molecule has 3 heterocycles. The average molecular weight is 495 g/mol. The third-order valence-electron chi connectivity index (χ3n) is 5.97. The average Bonchev–Trinajstić information content (AvgIpc) is 3.35. The number of ether oxygens (including phenoxy) is 3. The molecule has 5 rings (SSSR count). The molecule has 3 aromatic rings. The highest BCUT2D eigenvalue weighted by molar-refractivity contribution is 7.99. The van der Waals surface area contributed by atoms with Gasteiger partial charge in [0.15, 0.2) is 22.5 Å². The third-order valence-corrected chi connectivity index (χ3v) is 6.91. The number of nitrogens with zero attached hydrogens (tertiary/aromatic N) is 3. The van der Waals surface area contributed by atoms with Crippen molar-refractivity contribution in [2.24, 2.45) is 0 Å². The molecule has 0 saturated carbocycles. The number of carbonyl (C=O) groups is 1. The zero-order valence-electron chi connectivity index (χ0n) is 20.2. The van der Waals surface area contributed by atoms with Gasteiger partial charge in [-0.05, 0) is 56.2 Å². The van der Waals surface area contributed by atoms with Gasteiger partial charge in [0.25, 0.3) is 0 Å². The van der Waals surface area contributed by atoms with E-state index in [9.17, 15) is 4.79 Å². The van der Waals surface area contributed by atoms with E-state index in [0.717, 1.165) is 47.0 Å². The molecule has 2 aliphatic heterocycles. The van der Waals surface area contributed by atoms with Gasteiger partial charge >= 0.3 is 0 Å². The summed E-state index contributed by atoms with van der Waals surface area (Å²) < 4.78 is 19.4. The SMILES string of the molecule is CC(C)n1c(SCC(=O)NCc2ccc3c(c2)C[C@H](C)O3)nnc1-c1ccc2c(c1)OCCCO2. The summed E-state index contributed by atoms with van der Waals surface area (Å²) in [6, 6.07) is 12.1. The monoisotopic (exact) mass is 494 g/mol. The van der Waals surface area contributed by atoms with Crippen LogP contribution in [0, 0.1) is 0 Å². The molecular weight excluding hydrogens is 464 g/mol. The molecule has 0 unspecified atom stereocenters. The third kappa shape index (κ3) is 5.24. The maximum atomic E-state index is 12.6. The molecule has 0 spiro atoms. The summed E-state index contributed by atoms with van der Waals surface area (Å²) in [6.07, 6.45) is 1.97. The number of hydrogen-bond donors (Lipinski definition) is 1. The van der Waals surface area contributed by atoms with Crippen molar-refractivity contribution in [2.75, 3.05) is 19.0 Å². The molecule has 9 heteroatoms. The van der Waals surface area contributed by atoms with E-state index in [1.165, 1.54) is 17.3 Å². The number of thioether (sulfide) groups is 1. The van der Waals surface area contributed by atoms with Gasteiger partial charge in [0.2, 0.25) is 5.91 Å². The van der Waals surface area contributed by atoms with Crippen LogP contribution in [0.1, 0.15) is 44.4 Å². The van der Waals surface area contributed by atoms with Crippen molar-refractivity contribution in [2.45, 2.75) is 57.5 Å². The fourth-order valence-corrected chi connectivity index (χ4v) is 5.20. The second-order valence-corrected chi connectivity index (χ2v) is 10.1. The molecule has 0 fully saturated rings. The molecule has 1 N–H and O–H groups in total. The molecular formula is C26H30N4O4S. The minimum absolute atomic E-state index is 0.0458. The lowest BCUT2D eigenvalue weighted by Crippen LogP contribution is -2.24. The molecule has 0 radical (unpaired) electrons. The molecule has 0 saturated heterocycles. The Morgan fingerprint density at radius 2 is 1.91 bits per heavy atom. The van der Waals surface area contributed by atoms with Crippen molar-refractivity contribution in [3.05, 3.63) is 47.5 Å². The maximum absolute atomic E-state index is 12.6. The molecule has 1 aromatic heterocycles. The molecule has 8 nitrogen and oxygen atoms in total. The lowest BCUT2D eigenvalue weighted by molar-refractivity contribution is -0.118. The van der Waals surface area contributed by atoms with E-state index in [-0.39, 0.29) is 23.8 Å². The summed E-state index contributed by atoms with van der Waals surface area (Å²) in [7, 11) is 0. The zero-order valence-corrected chi connectivity index (χ0v) is 21.1. The van der Waals surface area contributed by atoms with Crippen LogP contribution in [0.2, 0.25) is 0 Å². The predicted octanol–water partition coefficient (Wildman–Crippen LogP) is 4.42. The van der Waals surface area contributed by atoms with Gasteiger partial charge < -0.3 is 19.5 Å². The van der Waals surface area contributed by atoms with Gasteiger partial charge in [0, 0.05) is 31.0 Å². The first kappa shape index (κ1) is 23.5. The van der Waals surface area contributed by atoms with Gasteiger partial charge in [-0.1, -0.05) is 23.9 Å². The van der Waals surface area contributed by atoms with Crippen LogP contribution in [0.5, 0.6) is 17.2 Å². The number of fused-ring (bicyclic) bond motifs is 2. The highest BCUT2D eigenvalue weighted by Crippen LogP contribution is 2.35. The predicted molar refractivity (Wildman–Crippen MR) is 134 cm³/mol. The summed E-state index contributed by atoms with van der Waals surface area (Å²) in [5.41, 5.74) is 3.18. The van der Waals surface area contributed by atoms with E-state index in [1.54, 1.807) is 0 Å². The molecule has 35 heavy (non-hydrogen) atoms. The Labute approximate surface area is 209 Å². The van der Waals surface area contributed by atoms with E-state index in [1.807, 2.05) is 30.3 Å². The molecule has 1 atom stereocenters. The standard InChI is InChI=1S/C26H30N4O4S/c1-16(2)30-25(19-6-8-22-23(13-19)33-10-4-9-32-22)28-29-26(30)35-15-24(31)27-14-18-5-7-21-20(12-18)11-17(3)34-21/h5-8,12-13,16-17H,4,9-11,14-15H2,1-3H3,(H,27,31)/t17-/m0/s1. The van der Waals surface area contributed by atoms with E-state index in [2.05, 4.69) is 46.9 Å². The van der Waals surface area contributed by atoms with Crippen LogP contribution < -0.4 is 19.5 Å². The van der Waals surface area contributed by atoms with Crippen LogP contribution in [-0.4, -0.2) is 45.7 Å². The summed E-state index contributed by atoms with van der Waals surface area (Å²) in [5.74, 6) is 3.37. The van der Waals surface area contributed by atoms with Gasteiger partial charge in [0.1, 0.15) is 11.9 Å². The topological polar surface area (TPSA) is 87.5 Å². The fraction of sp³-hybridized carbons (Fsp3) is 0.423. The number of carbonyl (C=O) groups excluding carboxylic acids is 1. The van der Waals surface area contributed by atoms with Crippen LogP contribution in [0.25, 0.3) is 11.4 Å². The van der Waals surface area contributed by atoms with Crippen molar-refractivity contribution in [1.29, 1.82) is 0 Å². The van der Waals surface area contributed by atoms with Crippen LogP contribution in [-0.2, 0) is 17.8 Å². The summed E-state index contributed by atoms with van der Waals surface area (Å²) in [6.45, 7) is 7.99. The Bertz CT molecular complexity index is 1230. The van der Waals surface area contributed by atoms with Gasteiger partial charge in [-0.3, -0.25) is 9.36 Å². The quantitative estimate of drug-likeness (QED) is 0.487. The zero-order chi connectivity index (χ0) is 24.4. The lowest BCUT2D eigenvalue weighted by Gasteiger charge is -2.15. The van der Waals surface area contributed by atoms with Crippen molar-refractivity contribution in [3.63, 3.8) is 0 Å². The van der Waals surface area contributed by atoms with Crippen molar-refractivity contribution < 1.29 is 19.0 Å². The number of rotatable bonds is 7. The first-order chi connectivity index (χ1) is 17.0. The first-order valence-electron chi connectivity index (χ1n) is 12.0. The lowest BCUT2D eigenvalue weighted by atomic mass is 10.1. The Morgan fingerprint density at radius 1 is 1.11 bits per heavy atom. The van der Waals surface area contributed by atoms with Crippen molar-refractivity contribution >= 4 is 17.7 Å². The smallest absolute Gasteiger partial charge is 0.230 e. The van der Waals surface area contributed by atoms with E-state index in [0.29, 0.717) is 24.9 Å². The second-order valence-electron chi connectivity index (χ2n) is 9.12. The minimum Gasteiger partial charge on any atom is -0.490 e. The van der Waals surface area contributed by atoms with Crippen molar-refractivity contribution in [3.8, 4) is 28.6 Å². The highest BCUT2D eigenvalue weighted by atomic mass is 32.2. The molecule has 2 aliphatic rings. The normalized spacial score (nSPS) is 16.5. The van der Waals surface area contributed by atoms with E-state index < -0.39 is 0 Å². The summed E-state index contributed by atoms with van der Waals surface area (Å²) in [4.78, 5) is 12.6. The fourth-order valence-electron chi connectivity index (χ4n) is 4.31. The first-order valence-corrected chi connectivity index (χ1v) is 13.0. The Balaban J connectivity index is 1.23. The van der Waals surface area contributed by atoms with E-state index >= 15 is 0 Å². The Hall–Kier alpha value is -3.20. The van der Waals surface area contributed by atoms with Gasteiger partial charge in [-0.25, -0.2) is 0 Å². The maximum Gasteiger partial charge on any atom is 0.230 e. The second kappa shape index (κ2) is 10.2. The largest absolute Gasteiger partial charge is 0.490 e. The van der Waals surface area contributed by atoms with Gasteiger partial charge in [-0.15, -0.1) is 10.2 Å². The minimum atomic E-state index is -0.0458. The van der Waals surface area contributed by atoms with Crippen LogP contribution in [0.3, 0.4) is 0 Å². The molecule has 0 bridgehead atoms. The van der Waals surface area contributed by atoms with Crippen LogP contribution in [0.15, 0.2) is 41.6 Å². The van der Waals surface area contributed by atoms with Crippen LogP contribution >= 0.6 is 11.8 Å². The molecule has 2 aromatic carbocycles. The Kier molecular flexibility index (Phi) is 6.86. The number of nitrogens with one attached hydrogen (secondary N) is 1. The van der Waals surface area contributed by atoms with Gasteiger partial charge in [0.05, 0.1) is 19.0 Å². The summed E-state index contributed by atoms with van der Waals surface area (Å²) in [5, 5.41) is 12.6. The number of amides is 1. The molecule has 0 aliphatic carbocycles. The van der Waals surface area contributed by atoms with Crippen LogP contribution in [0.4, 0.5) is 0 Å². The van der Waals surface area contributed by atoms with Gasteiger partial charge in [-0.2, -0.15) is 0 Å². The van der Waals surface area contributed by atoms with E-state index in [4.69, 9.17) is 14.2 Å². The highest BCUT2D eigenvalue weighted by Gasteiger charge is 2.21. The van der Waals surface area contributed by atoms with Crippen molar-refractivity contribution in [1.82, 2.24) is 20.1 Å². The molecule has 184 valence electrons.